The summed E-state index contributed by atoms with van der Waals surface area (Å²) < 4.78 is 0. The number of hydrogen-bond acceptors (Lipinski definition) is 5. The normalized spacial score (nSPS) is 19.8. The van der Waals surface area contributed by atoms with Gasteiger partial charge in [0.1, 0.15) is 5.69 Å². The van der Waals surface area contributed by atoms with Gasteiger partial charge in [-0.1, -0.05) is 5.16 Å². The Morgan fingerprint density at radius 1 is 1.61 bits per heavy atom. The molecule has 0 aliphatic carbocycles. The van der Waals surface area contributed by atoms with Crippen LogP contribution in [0.5, 0.6) is 0 Å². The summed E-state index contributed by atoms with van der Waals surface area (Å²) in [6, 6.07) is 3.39. The third-order valence-corrected chi connectivity index (χ3v) is 3.83. The highest BCUT2D eigenvalue weighted by Crippen LogP contribution is 2.17. The second-order valence-corrected chi connectivity index (χ2v) is 5.10. The summed E-state index contributed by atoms with van der Waals surface area (Å²) >= 11 is 1.83. The number of amidine groups is 1. The summed E-state index contributed by atoms with van der Waals surface area (Å²) in [7, 11) is 0. The lowest BCUT2D eigenvalue weighted by Crippen LogP contribution is -2.35. The first-order valence-electron chi connectivity index (χ1n) is 5.53. The van der Waals surface area contributed by atoms with Gasteiger partial charge in [0, 0.05) is 23.6 Å². The van der Waals surface area contributed by atoms with Crippen molar-refractivity contribution in [2.24, 2.45) is 10.9 Å². The molecular formula is C11H14N4O2S. The van der Waals surface area contributed by atoms with Gasteiger partial charge < -0.3 is 16.3 Å². The predicted molar refractivity (Wildman–Crippen MR) is 69.9 cm³/mol. The Morgan fingerprint density at radius 2 is 2.44 bits per heavy atom. The zero-order valence-corrected chi connectivity index (χ0v) is 10.5. The number of pyridine rings is 1. The molecule has 1 fully saturated rings. The highest BCUT2D eigenvalue weighted by atomic mass is 32.2. The molecule has 1 unspecified atom stereocenters. The number of thioether (sulfide) groups is 1. The van der Waals surface area contributed by atoms with E-state index in [1.54, 1.807) is 12.1 Å². The Bertz CT molecular complexity index is 455. The Kier molecular flexibility index (Phi) is 4.03. The van der Waals surface area contributed by atoms with Crippen molar-refractivity contribution in [3.05, 3.63) is 29.6 Å². The largest absolute Gasteiger partial charge is 0.409 e. The van der Waals surface area contributed by atoms with E-state index in [4.69, 9.17) is 10.9 Å². The van der Waals surface area contributed by atoms with Crippen LogP contribution in [0.4, 0.5) is 0 Å². The van der Waals surface area contributed by atoms with Gasteiger partial charge in [-0.05, 0) is 24.3 Å². The number of nitrogens with one attached hydrogen (secondary N) is 1. The molecule has 1 aromatic heterocycles. The second kappa shape index (κ2) is 5.72. The summed E-state index contributed by atoms with van der Waals surface area (Å²) in [5.41, 5.74) is 6.22. The molecule has 1 aliphatic rings. The minimum atomic E-state index is -0.187. The molecule has 2 rings (SSSR count). The van der Waals surface area contributed by atoms with Gasteiger partial charge in [-0.15, -0.1) is 0 Å². The Morgan fingerprint density at radius 3 is 3.00 bits per heavy atom. The molecule has 0 spiro atoms. The third kappa shape index (κ3) is 2.92. The predicted octanol–water partition coefficient (Wildman–Crippen LogP) is 0.411. The van der Waals surface area contributed by atoms with Gasteiger partial charge in [-0.25, -0.2) is 0 Å². The van der Waals surface area contributed by atoms with Crippen molar-refractivity contribution in [3.63, 3.8) is 0 Å². The Hall–Kier alpha value is -1.76. The molecule has 0 saturated carbocycles. The highest BCUT2D eigenvalue weighted by molar-refractivity contribution is 7.99. The molecule has 1 amide bonds. The van der Waals surface area contributed by atoms with Gasteiger partial charge in [0.2, 0.25) is 0 Å². The Labute approximate surface area is 109 Å². The topological polar surface area (TPSA) is 101 Å². The molecule has 1 saturated heterocycles. The molecule has 96 valence electrons. The van der Waals surface area contributed by atoms with Crippen LogP contribution in [0.25, 0.3) is 0 Å². The SMILES string of the molecule is N/C(=N/O)c1ccc(C(=O)NC2CCSC2)nc1. The fourth-order valence-electron chi connectivity index (χ4n) is 1.65. The van der Waals surface area contributed by atoms with Crippen LogP contribution in [0.3, 0.4) is 0 Å². The van der Waals surface area contributed by atoms with Gasteiger partial charge in [0.05, 0.1) is 0 Å². The first-order valence-corrected chi connectivity index (χ1v) is 6.68. The summed E-state index contributed by atoms with van der Waals surface area (Å²) in [4.78, 5) is 15.9. The van der Waals surface area contributed by atoms with Crippen molar-refractivity contribution in [1.29, 1.82) is 0 Å². The van der Waals surface area contributed by atoms with Crippen molar-refractivity contribution in [1.82, 2.24) is 10.3 Å². The Balaban J connectivity index is 2.02. The number of rotatable bonds is 3. The summed E-state index contributed by atoms with van der Waals surface area (Å²) in [5, 5.41) is 14.3. The number of aromatic nitrogens is 1. The van der Waals surface area contributed by atoms with E-state index in [2.05, 4.69) is 15.5 Å². The third-order valence-electron chi connectivity index (χ3n) is 2.66. The van der Waals surface area contributed by atoms with E-state index in [9.17, 15) is 4.79 Å². The molecule has 18 heavy (non-hydrogen) atoms. The number of nitrogens with zero attached hydrogens (tertiary/aromatic N) is 2. The zero-order chi connectivity index (χ0) is 13.0. The minimum Gasteiger partial charge on any atom is -0.409 e. The fourth-order valence-corrected chi connectivity index (χ4v) is 2.80. The van der Waals surface area contributed by atoms with Gasteiger partial charge in [-0.3, -0.25) is 9.78 Å². The maximum Gasteiger partial charge on any atom is 0.270 e. The molecule has 1 aromatic rings. The highest BCUT2D eigenvalue weighted by Gasteiger charge is 2.18. The molecule has 1 aliphatic heterocycles. The summed E-state index contributed by atoms with van der Waals surface area (Å²) in [5.74, 6) is 1.82. The molecule has 7 heteroatoms. The molecule has 0 aromatic carbocycles. The van der Waals surface area contributed by atoms with Crippen LogP contribution >= 0.6 is 11.8 Å². The lowest BCUT2D eigenvalue weighted by atomic mass is 10.2. The van der Waals surface area contributed by atoms with Crippen LogP contribution in [-0.2, 0) is 0 Å². The van der Waals surface area contributed by atoms with Crippen LogP contribution < -0.4 is 11.1 Å². The van der Waals surface area contributed by atoms with Crippen molar-refractivity contribution < 1.29 is 10.0 Å². The van der Waals surface area contributed by atoms with Gasteiger partial charge >= 0.3 is 0 Å². The molecule has 4 N–H and O–H groups in total. The standard InChI is InChI=1S/C11H14N4O2S/c12-10(15-17)7-1-2-9(13-5-7)11(16)14-8-3-4-18-6-8/h1-2,5,8,17H,3-4,6H2,(H2,12,15)(H,14,16). The van der Waals surface area contributed by atoms with Crippen molar-refractivity contribution in [2.75, 3.05) is 11.5 Å². The van der Waals surface area contributed by atoms with Crippen LogP contribution in [-0.4, -0.2) is 39.5 Å². The fraction of sp³-hybridized carbons (Fsp3) is 0.364. The number of hydrogen-bond donors (Lipinski definition) is 3. The van der Waals surface area contributed by atoms with E-state index in [0.717, 1.165) is 17.9 Å². The molecule has 0 radical (unpaired) electrons. The maximum absolute atomic E-state index is 11.9. The second-order valence-electron chi connectivity index (χ2n) is 3.95. The van der Waals surface area contributed by atoms with Crippen molar-refractivity contribution >= 4 is 23.5 Å². The lowest BCUT2D eigenvalue weighted by molar-refractivity contribution is 0.0936. The summed E-state index contributed by atoms with van der Waals surface area (Å²) in [6.45, 7) is 0. The number of amides is 1. The van der Waals surface area contributed by atoms with Gasteiger partial charge in [0.15, 0.2) is 5.84 Å². The van der Waals surface area contributed by atoms with Crippen molar-refractivity contribution in [3.8, 4) is 0 Å². The van der Waals surface area contributed by atoms with Crippen LogP contribution in [0, 0.1) is 0 Å². The van der Waals surface area contributed by atoms with Crippen LogP contribution in [0.15, 0.2) is 23.5 Å². The number of nitrogens with two attached hydrogens (primary N) is 1. The van der Waals surface area contributed by atoms with Gasteiger partial charge in [0.25, 0.3) is 5.91 Å². The van der Waals surface area contributed by atoms with E-state index in [1.165, 1.54) is 6.20 Å². The average molecular weight is 266 g/mol. The van der Waals surface area contributed by atoms with E-state index in [-0.39, 0.29) is 17.8 Å². The summed E-state index contributed by atoms with van der Waals surface area (Å²) in [6.07, 6.45) is 2.41. The smallest absolute Gasteiger partial charge is 0.270 e. The van der Waals surface area contributed by atoms with Crippen LogP contribution in [0.1, 0.15) is 22.5 Å². The van der Waals surface area contributed by atoms with E-state index >= 15 is 0 Å². The molecule has 0 bridgehead atoms. The lowest BCUT2D eigenvalue weighted by Gasteiger charge is -2.10. The van der Waals surface area contributed by atoms with Crippen molar-refractivity contribution in [2.45, 2.75) is 12.5 Å². The monoisotopic (exact) mass is 266 g/mol. The van der Waals surface area contributed by atoms with E-state index in [0.29, 0.717) is 11.3 Å². The maximum atomic E-state index is 11.9. The van der Waals surface area contributed by atoms with Gasteiger partial charge in [-0.2, -0.15) is 11.8 Å². The number of carbonyl (C=O) groups is 1. The first kappa shape index (κ1) is 12.7. The molecule has 2 heterocycles. The minimum absolute atomic E-state index is 0.0262. The number of carbonyl (C=O) groups excluding carboxylic acids is 1. The van der Waals surface area contributed by atoms with E-state index in [1.807, 2.05) is 11.8 Å². The molecular weight excluding hydrogens is 252 g/mol. The van der Waals surface area contributed by atoms with E-state index < -0.39 is 0 Å². The molecule has 1 atom stereocenters. The van der Waals surface area contributed by atoms with Crippen LogP contribution in [0.2, 0.25) is 0 Å². The average Bonchev–Trinajstić information content (AvgIpc) is 2.91. The molecule has 6 nitrogen and oxygen atoms in total. The quantitative estimate of drug-likeness (QED) is 0.318. The number of oxime groups is 1. The zero-order valence-electron chi connectivity index (χ0n) is 9.67. The first-order chi connectivity index (χ1) is 8.70.